The zero-order chi connectivity index (χ0) is 14.1. The maximum absolute atomic E-state index is 5.76. The summed E-state index contributed by atoms with van der Waals surface area (Å²) < 4.78 is 2.06. The second kappa shape index (κ2) is 5.54. The highest BCUT2D eigenvalue weighted by Crippen LogP contribution is 2.30. The molecule has 0 saturated carbocycles. The molecular formula is C14H21N5S. The Morgan fingerprint density at radius 1 is 1.50 bits per heavy atom. The van der Waals surface area contributed by atoms with E-state index in [-0.39, 0.29) is 0 Å². The molecule has 0 radical (unpaired) electrons. The van der Waals surface area contributed by atoms with Crippen LogP contribution < -0.4 is 5.73 Å². The van der Waals surface area contributed by atoms with Crippen molar-refractivity contribution in [1.29, 1.82) is 0 Å². The molecule has 2 aromatic rings. The first-order chi connectivity index (χ1) is 9.61. The normalized spacial score (nSPS) is 20.4. The van der Waals surface area contributed by atoms with Crippen LogP contribution in [0.5, 0.6) is 0 Å². The number of aryl methyl sites for hydroxylation is 1. The van der Waals surface area contributed by atoms with Crippen molar-refractivity contribution in [2.75, 3.05) is 25.9 Å². The zero-order valence-electron chi connectivity index (χ0n) is 12.0. The predicted molar refractivity (Wildman–Crippen MR) is 82.7 cm³/mol. The summed E-state index contributed by atoms with van der Waals surface area (Å²) in [7, 11) is 2.20. The summed E-state index contributed by atoms with van der Waals surface area (Å²) in [4.78, 5) is 7.76. The number of aromatic nitrogens is 3. The van der Waals surface area contributed by atoms with Gasteiger partial charge in [-0.2, -0.15) is 5.10 Å². The molecule has 20 heavy (non-hydrogen) atoms. The first-order valence-electron chi connectivity index (χ1n) is 7.07. The van der Waals surface area contributed by atoms with E-state index in [9.17, 15) is 0 Å². The van der Waals surface area contributed by atoms with Gasteiger partial charge in [-0.25, -0.2) is 4.98 Å². The molecule has 6 heteroatoms. The van der Waals surface area contributed by atoms with E-state index in [2.05, 4.69) is 39.0 Å². The Kier molecular flexibility index (Phi) is 3.76. The van der Waals surface area contributed by atoms with Crippen molar-refractivity contribution < 1.29 is 0 Å². The van der Waals surface area contributed by atoms with Crippen LogP contribution in [0.1, 0.15) is 18.5 Å². The molecule has 0 aliphatic carbocycles. The molecule has 0 unspecified atom stereocenters. The summed E-state index contributed by atoms with van der Waals surface area (Å²) in [5.74, 6) is 0.703. The van der Waals surface area contributed by atoms with E-state index in [0.29, 0.717) is 11.0 Å². The maximum atomic E-state index is 5.76. The van der Waals surface area contributed by atoms with Gasteiger partial charge in [0.2, 0.25) is 0 Å². The second-order valence-electron chi connectivity index (χ2n) is 5.66. The predicted octanol–water partition coefficient (Wildman–Crippen LogP) is 2.24. The quantitative estimate of drug-likeness (QED) is 0.942. The third kappa shape index (κ3) is 2.86. The van der Waals surface area contributed by atoms with Crippen LogP contribution in [0.4, 0.5) is 5.13 Å². The van der Waals surface area contributed by atoms with Crippen molar-refractivity contribution in [3.63, 3.8) is 0 Å². The minimum Gasteiger partial charge on any atom is -0.375 e. The number of hydrogen-bond acceptors (Lipinski definition) is 5. The molecule has 108 valence electrons. The average Bonchev–Trinajstić information content (AvgIpc) is 2.96. The fourth-order valence-electron chi connectivity index (χ4n) is 2.93. The van der Waals surface area contributed by atoms with Crippen LogP contribution in [0.2, 0.25) is 0 Å². The summed E-state index contributed by atoms with van der Waals surface area (Å²) in [6, 6.07) is 2.06. The molecule has 3 heterocycles. The van der Waals surface area contributed by atoms with Gasteiger partial charge in [-0.1, -0.05) is 11.3 Å². The smallest absolute Gasteiger partial charge is 0.180 e. The molecule has 0 aromatic carbocycles. The number of nitrogens with two attached hydrogens (primary N) is 1. The molecular weight excluding hydrogens is 270 g/mol. The number of hydrogen-bond donors (Lipinski definition) is 1. The van der Waals surface area contributed by atoms with Gasteiger partial charge in [0, 0.05) is 19.3 Å². The highest BCUT2D eigenvalue weighted by atomic mass is 32.1. The Balaban J connectivity index is 1.72. The molecule has 1 aliphatic rings. The van der Waals surface area contributed by atoms with E-state index in [1.165, 1.54) is 37.3 Å². The molecule has 1 atom stereocenters. The number of nitrogens with zero attached hydrogens (tertiary/aromatic N) is 4. The monoisotopic (exact) mass is 291 g/mol. The largest absolute Gasteiger partial charge is 0.375 e. The van der Waals surface area contributed by atoms with Crippen molar-refractivity contribution in [2.45, 2.75) is 26.3 Å². The van der Waals surface area contributed by atoms with E-state index in [4.69, 9.17) is 5.73 Å². The summed E-state index contributed by atoms with van der Waals surface area (Å²) >= 11 is 1.51. The van der Waals surface area contributed by atoms with Crippen molar-refractivity contribution in [2.24, 2.45) is 5.92 Å². The maximum Gasteiger partial charge on any atom is 0.180 e. The van der Waals surface area contributed by atoms with Gasteiger partial charge in [0.25, 0.3) is 0 Å². The lowest BCUT2D eigenvalue weighted by atomic mass is 9.99. The average molecular weight is 291 g/mol. The van der Waals surface area contributed by atoms with E-state index >= 15 is 0 Å². The van der Waals surface area contributed by atoms with Crippen LogP contribution in [0, 0.1) is 12.8 Å². The lowest BCUT2D eigenvalue weighted by Crippen LogP contribution is -2.34. The Hall–Kier alpha value is -1.40. The standard InChI is InChI=1S/C14H21N5S/c1-10-13(20-14(15)16-10)12-5-7-19(17-12)9-11-4-3-6-18(2)8-11/h5,7,11H,3-4,6,8-9H2,1-2H3,(H2,15,16)/t11-/m0/s1. The molecule has 0 amide bonds. The van der Waals surface area contributed by atoms with E-state index < -0.39 is 0 Å². The van der Waals surface area contributed by atoms with Crippen LogP contribution in [-0.4, -0.2) is 39.8 Å². The van der Waals surface area contributed by atoms with Gasteiger partial charge < -0.3 is 10.6 Å². The van der Waals surface area contributed by atoms with Crippen molar-refractivity contribution in [3.05, 3.63) is 18.0 Å². The number of likely N-dealkylation sites (tertiary alicyclic amines) is 1. The third-order valence-corrected chi connectivity index (χ3v) is 4.86. The van der Waals surface area contributed by atoms with Crippen LogP contribution in [0.25, 0.3) is 10.6 Å². The Labute approximate surface area is 123 Å². The van der Waals surface area contributed by atoms with Crippen molar-refractivity contribution >= 4 is 16.5 Å². The lowest BCUT2D eigenvalue weighted by Gasteiger charge is -2.29. The Bertz CT molecular complexity index is 588. The molecule has 1 saturated heterocycles. The molecule has 2 aromatic heterocycles. The van der Waals surface area contributed by atoms with E-state index in [0.717, 1.165) is 22.8 Å². The summed E-state index contributed by atoms with van der Waals surface area (Å²) in [5.41, 5.74) is 7.71. The fourth-order valence-corrected chi connectivity index (χ4v) is 3.72. The first-order valence-corrected chi connectivity index (χ1v) is 7.89. The molecule has 2 N–H and O–H groups in total. The highest BCUT2D eigenvalue weighted by molar-refractivity contribution is 7.18. The van der Waals surface area contributed by atoms with Crippen LogP contribution >= 0.6 is 11.3 Å². The summed E-state index contributed by atoms with van der Waals surface area (Å²) in [6.07, 6.45) is 4.66. The van der Waals surface area contributed by atoms with Gasteiger partial charge in [0.05, 0.1) is 10.6 Å². The van der Waals surface area contributed by atoms with Crippen LogP contribution in [-0.2, 0) is 6.54 Å². The van der Waals surface area contributed by atoms with E-state index in [1.807, 2.05) is 6.92 Å². The van der Waals surface area contributed by atoms with Gasteiger partial charge in [-0.05, 0) is 45.3 Å². The molecule has 5 nitrogen and oxygen atoms in total. The van der Waals surface area contributed by atoms with Gasteiger partial charge in [-0.3, -0.25) is 4.68 Å². The van der Waals surface area contributed by atoms with Gasteiger partial charge in [0.15, 0.2) is 5.13 Å². The third-order valence-electron chi connectivity index (χ3n) is 3.85. The number of nitrogen functional groups attached to an aromatic ring is 1. The Morgan fingerprint density at radius 3 is 3.05 bits per heavy atom. The minimum atomic E-state index is 0.612. The topological polar surface area (TPSA) is 60.0 Å². The number of anilines is 1. The zero-order valence-corrected chi connectivity index (χ0v) is 12.9. The highest BCUT2D eigenvalue weighted by Gasteiger charge is 2.18. The van der Waals surface area contributed by atoms with Crippen LogP contribution in [0.3, 0.4) is 0 Å². The molecule has 0 bridgehead atoms. The van der Waals surface area contributed by atoms with Crippen molar-refractivity contribution in [1.82, 2.24) is 19.7 Å². The summed E-state index contributed by atoms with van der Waals surface area (Å²) in [5, 5.41) is 5.30. The number of piperidine rings is 1. The lowest BCUT2D eigenvalue weighted by molar-refractivity contribution is 0.191. The van der Waals surface area contributed by atoms with Crippen molar-refractivity contribution in [3.8, 4) is 10.6 Å². The molecule has 1 aliphatic heterocycles. The second-order valence-corrected chi connectivity index (χ2v) is 6.69. The number of rotatable bonds is 3. The molecule has 1 fully saturated rings. The summed E-state index contributed by atoms with van der Waals surface area (Å²) in [6.45, 7) is 5.37. The molecule has 3 rings (SSSR count). The van der Waals surface area contributed by atoms with E-state index in [1.54, 1.807) is 0 Å². The van der Waals surface area contributed by atoms with Gasteiger partial charge in [-0.15, -0.1) is 0 Å². The first kappa shape index (κ1) is 13.6. The Morgan fingerprint density at radius 2 is 2.35 bits per heavy atom. The SMILES string of the molecule is Cc1nc(N)sc1-c1ccn(C[C@H]2CCCN(C)C2)n1. The van der Waals surface area contributed by atoms with Gasteiger partial charge in [0.1, 0.15) is 5.69 Å². The molecule has 0 spiro atoms. The number of thiazole rings is 1. The fraction of sp³-hybridized carbons (Fsp3) is 0.571. The minimum absolute atomic E-state index is 0.612. The van der Waals surface area contributed by atoms with Gasteiger partial charge >= 0.3 is 0 Å². The van der Waals surface area contributed by atoms with Crippen LogP contribution in [0.15, 0.2) is 12.3 Å².